The minimum atomic E-state index is 0.222. The van der Waals surface area contributed by atoms with Gasteiger partial charge in [-0.1, -0.05) is 11.2 Å². The van der Waals surface area contributed by atoms with Gasteiger partial charge >= 0.3 is 0 Å². The van der Waals surface area contributed by atoms with Crippen molar-refractivity contribution < 1.29 is 9.94 Å². The maximum atomic E-state index is 8.59. The van der Waals surface area contributed by atoms with E-state index in [4.69, 9.17) is 15.7 Å². The zero-order valence-corrected chi connectivity index (χ0v) is 9.89. The van der Waals surface area contributed by atoms with Gasteiger partial charge in [0.25, 0.3) is 0 Å². The van der Waals surface area contributed by atoms with E-state index in [0.717, 1.165) is 24.4 Å². The highest BCUT2D eigenvalue weighted by Crippen LogP contribution is 2.34. The van der Waals surface area contributed by atoms with Crippen LogP contribution in [0.3, 0.4) is 0 Å². The van der Waals surface area contributed by atoms with Gasteiger partial charge in [0.05, 0.1) is 13.2 Å². The Balaban J connectivity index is 2.23. The molecular weight excluding hydrogens is 218 g/mol. The molecule has 0 spiro atoms. The Morgan fingerprint density at radius 3 is 3.12 bits per heavy atom. The third-order valence-corrected chi connectivity index (χ3v) is 2.86. The van der Waals surface area contributed by atoms with E-state index in [1.54, 1.807) is 0 Å². The highest BCUT2D eigenvalue weighted by atomic mass is 16.5. The highest BCUT2D eigenvalue weighted by Gasteiger charge is 2.22. The number of oxime groups is 1. The zero-order chi connectivity index (χ0) is 12.3. The molecule has 1 aliphatic rings. The van der Waals surface area contributed by atoms with Gasteiger partial charge in [0.2, 0.25) is 0 Å². The van der Waals surface area contributed by atoms with Gasteiger partial charge in [0, 0.05) is 17.8 Å². The van der Waals surface area contributed by atoms with Gasteiger partial charge in [-0.2, -0.15) is 0 Å². The lowest BCUT2D eigenvalue weighted by molar-refractivity contribution is 0.317. The van der Waals surface area contributed by atoms with Crippen molar-refractivity contribution in [1.29, 1.82) is 0 Å². The van der Waals surface area contributed by atoms with Crippen molar-refractivity contribution in [3.63, 3.8) is 0 Å². The quantitative estimate of drug-likeness (QED) is 0.356. The molecule has 1 heterocycles. The van der Waals surface area contributed by atoms with Crippen LogP contribution >= 0.6 is 0 Å². The third kappa shape index (κ3) is 2.27. The summed E-state index contributed by atoms with van der Waals surface area (Å²) in [6.07, 6.45) is 0.935. The SMILES string of the molecule is CCOc1cccc2c1CCN2CC(N)=NO. The standard InChI is InChI=1S/C12H17N3O2/c1-2-17-11-5-3-4-10-9(11)6-7-15(10)8-12(13)14-16/h3-5,16H,2,6-8H2,1H3,(H2,13,14). The minimum Gasteiger partial charge on any atom is -0.494 e. The van der Waals surface area contributed by atoms with E-state index in [1.165, 1.54) is 5.56 Å². The van der Waals surface area contributed by atoms with Crippen LogP contribution in [0.4, 0.5) is 5.69 Å². The molecule has 2 rings (SSSR count). The smallest absolute Gasteiger partial charge is 0.158 e. The van der Waals surface area contributed by atoms with Crippen molar-refractivity contribution in [2.75, 3.05) is 24.6 Å². The maximum absolute atomic E-state index is 8.59. The van der Waals surface area contributed by atoms with E-state index < -0.39 is 0 Å². The van der Waals surface area contributed by atoms with E-state index in [2.05, 4.69) is 10.1 Å². The molecule has 0 aliphatic carbocycles. The lowest BCUT2D eigenvalue weighted by Gasteiger charge is -2.18. The molecule has 1 aliphatic heterocycles. The molecule has 3 N–H and O–H groups in total. The monoisotopic (exact) mass is 235 g/mol. The van der Waals surface area contributed by atoms with Gasteiger partial charge in [-0.15, -0.1) is 0 Å². The van der Waals surface area contributed by atoms with Gasteiger partial charge in [0.1, 0.15) is 5.75 Å². The average Bonchev–Trinajstić information content (AvgIpc) is 2.74. The van der Waals surface area contributed by atoms with Crippen LogP contribution in [-0.4, -0.2) is 30.7 Å². The molecule has 0 amide bonds. The second kappa shape index (κ2) is 4.95. The van der Waals surface area contributed by atoms with Gasteiger partial charge in [-0.3, -0.25) is 0 Å². The van der Waals surface area contributed by atoms with Crippen molar-refractivity contribution in [2.24, 2.45) is 10.9 Å². The largest absolute Gasteiger partial charge is 0.494 e. The Labute approximate surface area is 100 Å². The van der Waals surface area contributed by atoms with Crippen molar-refractivity contribution >= 4 is 11.5 Å². The molecule has 0 unspecified atom stereocenters. The first-order chi connectivity index (χ1) is 8.26. The molecule has 5 heteroatoms. The predicted molar refractivity (Wildman–Crippen MR) is 66.9 cm³/mol. The molecule has 5 nitrogen and oxygen atoms in total. The van der Waals surface area contributed by atoms with E-state index >= 15 is 0 Å². The summed E-state index contributed by atoms with van der Waals surface area (Å²) in [5, 5.41) is 11.6. The number of hydrogen-bond acceptors (Lipinski definition) is 4. The number of fused-ring (bicyclic) bond motifs is 1. The summed E-state index contributed by atoms with van der Waals surface area (Å²) in [5.41, 5.74) is 7.86. The first-order valence-electron chi connectivity index (χ1n) is 5.72. The van der Waals surface area contributed by atoms with Crippen molar-refractivity contribution in [3.8, 4) is 5.75 Å². The fourth-order valence-corrected chi connectivity index (χ4v) is 2.15. The van der Waals surface area contributed by atoms with Crippen LogP contribution in [0.15, 0.2) is 23.4 Å². The first-order valence-corrected chi connectivity index (χ1v) is 5.72. The maximum Gasteiger partial charge on any atom is 0.158 e. The fourth-order valence-electron chi connectivity index (χ4n) is 2.15. The molecule has 92 valence electrons. The summed E-state index contributed by atoms with van der Waals surface area (Å²) in [5.74, 6) is 1.16. The molecule has 17 heavy (non-hydrogen) atoms. The van der Waals surface area contributed by atoms with Crippen molar-refractivity contribution in [3.05, 3.63) is 23.8 Å². The van der Waals surface area contributed by atoms with Crippen LogP contribution < -0.4 is 15.4 Å². The molecule has 0 saturated carbocycles. The zero-order valence-electron chi connectivity index (χ0n) is 9.89. The third-order valence-electron chi connectivity index (χ3n) is 2.86. The lowest BCUT2D eigenvalue weighted by atomic mass is 10.1. The van der Waals surface area contributed by atoms with Gasteiger partial charge < -0.3 is 20.6 Å². The van der Waals surface area contributed by atoms with Crippen LogP contribution in [0, 0.1) is 0 Å². The normalized spacial score (nSPS) is 14.9. The van der Waals surface area contributed by atoms with Crippen LogP contribution in [-0.2, 0) is 6.42 Å². The molecule has 0 saturated heterocycles. The summed E-state index contributed by atoms with van der Waals surface area (Å²) >= 11 is 0. The molecule has 1 aromatic rings. The molecule has 0 fully saturated rings. The molecule has 0 bridgehead atoms. The number of amidine groups is 1. The van der Waals surface area contributed by atoms with E-state index in [1.807, 2.05) is 25.1 Å². The van der Waals surface area contributed by atoms with Crippen LogP contribution in [0.5, 0.6) is 5.75 Å². The van der Waals surface area contributed by atoms with E-state index in [9.17, 15) is 0 Å². The van der Waals surface area contributed by atoms with E-state index in [0.29, 0.717) is 13.2 Å². The Kier molecular flexibility index (Phi) is 3.37. The fraction of sp³-hybridized carbons (Fsp3) is 0.417. The Bertz CT molecular complexity index is 432. The van der Waals surface area contributed by atoms with Gasteiger partial charge in [0.15, 0.2) is 5.84 Å². The average molecular weight is 235 g/mol. The van der Waals surface area contributed by atoms with Gasteiger partial charge in [-0.25, -0.2) is 0 Å². The first kappa shape index (κ1) is 11.6. The number of hydrogen-bond donors (Lipinski definition) is 2. The van der Waals surface area contributed by atoms with Crippen LogP contribution in [0.2, 0.25) is 0 Å². The van der Waals surface area contributed by atoms with Crippen molar-refractivity contribution in [1.82, 2.24) is 0 Å². The second-order valence-electron chi connectivity index (χ2n) is 3.95. The Hall–Kier alpha value is -1.91. The van der Waals surface area contributed by atoms with Gasteiger partial charge in [-0.05, 0) is 25.5 Å². The summed E-state index contributed by atoms with van der Waals surface area (Å²) in [6, 6.07) is 5.99. The number of ether oxygens (including phenoxy) is 1. The van der Waals surface area contributed by atoms with Crippen LogP contribution in [0.25, 0.3) is 0 Å². The number of nitrogens with zero attached hydrogens (tertiary/aromatic N) is 2. The molecule has 0 aromatic heterocycles. The highest BCUT2D eigenvalue weighted by molar-refractivity contribution is 5.85. The number of rotatable bonds is 4. The topological polar surface area (TPSA) is 71.1 Å². The molecule has 1 aromatic carbocycles. The van der Waals surface area contributed by atoms with E-state index in [-0.39, 0.29) is 5.84 Å². The summed E-state index contributed by atoms with van der Waals surface area (Å²) < 4.78 is 5.59. The lowest BCUT2D eigenvalue weighted by Crippen LogP contribution is -2.32. The Morgan fingerprint density at radius 2 is 2.41 bits per heavy atom. The molecular formula is C12H17N3O2. The Morgan fingerprint density at radius 1 is 1.59 bits per heavy atom. The predicted octanol–water partition coefficient (Wildman–Crippen LogP) is 1.19. The number of nitrogens with two attached hydrogens (primary N) is 1. The summed E-state index contributed by atoms with van der Waals surface area (Å²) in [4.78, 5) is 2.09. The molecule has 0 atom stereocenters. The molecule has 0 radical (unpaired) electrons. The summed E-state index contributed by atoms with van der Waals surface area (Å²) in [6.45, 7) is 3.95. The van der Waals surface area contributed by atoms with Crippen molar-refractivity contribution in [2.45, 2.75) is 13.3 Å². The number of benzene rings is 1. The second-order valence-corrected chi connectivity index (χ2v) is 3.95. The van der Waals surface area contributed by atoms with Crippen LogP contribution in [0.1, 0.15) is 12.5 Å². The summed E-state index contributed by atoms with van der Waals surface area (Å²) in [7, 11) is 0. The minimum absolute atomic E-state index is 0.222. The number of anilines is 1.